The smallest absolute Gasteiger partial charge is 0.222 e. The van der Waals surface area contributed by atoms with Crippen LogP contribution in [-0.4, -0.2) is 42.3 Å². The molecule has 1 aromatic carbocycles. The number of rotatable bonds is 8. The van der Waals surface area contributed by atoms with Crippen LogP contribution in [0.3, 0.4) is 0 Å². The molecule has 0 unspecified atom stereocenters. The third-order valence-corrected chi connectivity index (χ3v) is 5.19. The molecule has 1 atom stereocenters. The minimum absolute atomic E-state index is 0.00237. The molecular formula is C23H26N4O3. The maximum atomic E-state index is 5.92. The summed E-state index contributed by atoms with van der Waals surface area (Å²) in [6.45, 7) is 1.47. The Balaban J connectivity index is 1.49. The maximum Gasteiger partial charge on any atom is 0.222 e. The molecule has 156 valence electrons. The molecule has 0 bridgehead atoms. The summed E-state index contributed by atoms with van der Waals surface area (Å²) >= 11 is 0. The van der Waals surface area contributed by atoms with E-state index in [-0.39, 0.29) is 6.10 Å². The fraction of sp³-hybridized carbons (Fsp3) is 0.348. The first-order valence-corrected chi connectivity index (χ1v) is 10.1. The summed E-state index contributed by atoms with van der Waals surface area (Å²) in [6, 6.07) is 9.90. The van der Waals surface area contributed by atoms with E-state index in [1.807, 2.05) is 36.5 Å². The average molecular weight is 406 g/mol. The predicted molar refractivity (Wildman–Crippen MR) is 115 cm³/mol. The SMILES string of the molecule is COc1ccc(CCNc2ncc(-c3ccncc3)c([C@H]3CCCO3)n2)cc1OC. The van der Waals surface area contributed by atoms with Gasteiger partial charge in [-0.1, -0.05) is 6.07 Å². The number of nitrogens with zero attached hydrogens (tertiary/aromatic N) is 3. The van der Waals surface area contributed by atoms with Gasteiger partial charge in [0.1, 0.15) is 6.10 Å². The van der Waals surface area contributed by atoms with Crippen LogP contribution in [0.15, 0.2) is 48.9 Å². The monoisotopic (exact) mass is 406 g/mol. The second kappa shape index (κ2) is 9.54. The molecule has 3 aromatic rings. The van der Waals surface area contributed by atoms with Gasteiger partial charge in [0.05, 0.1) is 19.9 Å². The van der Waals surface area contributed by atoms with Crippen molar-refractivity contribution in [3.8, 4) is 22.6 Å². The van der Waals surface area contributed by atoms with Crippen LogP contribution in [0.4, 0.5) is 5.95 Å². The van der Waals surface area contributed by atoms with Crippen molar-refractivity contribution in [3.63, 3.8) is 0 Å². The van der Waals surface area contributed by atoms with Crippen LogP contribution in [0.1, 0.15) is 30.2 Å². The van der Waals surface area contributed by atoms with E-state index < -0.39 is 0 Å². The van der Waals surface area contributed by atoms with E-state index in [9.17, 15) is 0 Å². The summed E-state index contributed by atoms with van der Waals surface area (Å²) in [5.41, 5.74) is 4.12. The molecule has 1 saturated heterocycles. The summed E-state index contributed by atoms with van der Waals surface area (Å²) in [5, 5.41) is 3.34. The molecule has 0 aliphatic carbocycles. The zero-order chi connectivity index (χ0) is 20.8. The van der Waals surface area contributed by atoms with Crippen molar-refractivity contribution in [1.82, 2.24) is 15.0 Å². The van der Waals surface area contributed by atoms with Gasteiger partial charge in [-0.3, -0.25) is 4.98 Å². The Kier molecular flexibility index (Phi) is 6.39. The third-order valence-electron chi connectivity index (χ3n) is 5.19. The fourth-order valence-electron chi connectivity index (χ4n) is 3.63. The summed E-state index contributed by atoms with van der Waals surface area (Å²) in [7, 11) is 3.28. The van der Waals surface area contributed by atoms with E-state index >= 15 is 0 Å². The first kappa shape index (κ1) is 20.1. The third kappa shape index (κ3) is 4.52. The van der Waals surface area contributed by atoms with Crippen molar-refractivity contribution in [1.29, 1.82) is 0 Å². The van der Waals surface area contributed by atoms with Gasteiger partial charge >= 0.3 is 0 Å². The van der Waals surface area contributed by atoms with Crippen molar-refractivity contribution in [2.75, 3.05) is 32.7 Å². The van der Waals surface area contributed by atoms with Crippen LogP contribution in [0, 0.1) is 0 Å². The second-order valence-corrected chi connectivity index (χ2v) is 7.10. The highest BCUT2D eigenvalue weighted by Crippen LogP contribution is 2.34. The second-order valence-electron chi connectivity index (χ2n) is 7.10. The molecule has 7 heteroatoms. The van der Waals surface area contributed by atoms with E-state index in [2.05, 4.69) is 15.3 Å². The number of benzene rings is 1. The molecule has 0 radical (unpaired) electrons. The molecule has 3 heterocycles. The van der Waals surface area contributed by atoms with Gasteiger partial charge in [0, 0.05) is 37.3 Å². The number of nitrogens with one attached hydrogen (secondary N) is 1. The number of ether oxygens (including phenoxy) is 3. The van der Waals surface area contributed by atoms with Crippen molar-refractivity contribution in [2.24, 2.45) is 0 Å². The normalized spacial score (nSPS) is 15.7. The molecule has 30 heavy (non-hydrogen) atoms. The summed E-state index contributed by atoms with van der Waals surface area (Å²) in [5.74, 6) is 2.07. The van der Waals surface area contributed by atoms with Gasteiger partial charge in [-0.2, -0.15) is 0 Å². The standard InChI is InChI=1S/C23H26N4O3/c1-28-19-6-5-16(14-21(19)29-2)7-12-25-23-26-15-18(17-8-10-24-11-9-17)22(27-23)20-4-3-13-30-20/h5-6,8-11,14-15,20H,3-4,7,12-13H2,1-2H3,(H,25,26,27)/t20-/m1/s1. The highest BCUT2D eigenvalue weighted by Gasteiger charge is 2.23. The van der Waals surface area contributed by atoms with Gasteiger partial charge in [0.15, 0.2) is 11.5 Å². The molecule has 7 nitrogen and oxygen atoms in total. The zero-order valence-electron chi connectivity index (χ0n) is 17.3. The Morgan fingerprint density at radius 1 is 1.10 bits per heavy atom. The number of pyridine rings is 1. The van der Waals surface area contributed by atoms with Crippen molar-refractivity contribution >= 4 is 5.95 Å². The number of hydrogen-bond donors (Lipinski definition) is 1. The fourth-order valence-corrected chi connectivity index (χ4v) is 3.63. The van der Waals surface area contributed by atoms with Crippen LogP contribution in [0.25, 0.3) is 11.1 Å². The molecule has 0 saturated carbocycles. The molecule has 1 fully saturated rings. The first-order chi connectivity index (χ1) is 14.8. The Morgan fingerprint density at radius 3 is 2.67 bits per heavy atom. The van der Waals surface area contributed by atoms with E-state index in [1.54, 1.807) is 26.6 Å². The van der Waals surface area contributed by atoms with Crippen molar-refractivity contribution < 1.29 is 14.2 Å². The van der Waals surface area contributed by atoms with E-state index in [0.717, 1.165) is 59.8 Å². The van der Waals surface area contributed by atoms with Crippen molar-refractivity contribution in [3.05, 3.63) is 60.2 Å². The molecule has 0 amide bonds. The highest BCUT2D eigenvalue weighted by molar-refractivity contribution is 5.65. The molecule has 4 rings (SSSR count). The average Bonchev–Trinajstić information content (AvgIpc) is 3.34. The molecular weight excluding hydrogens is 380 g/mol. The molecule has 1 aliphatic heterocycles. The Labute approximate surface area is 176 Å². The van der Waals surface area contributed by atoms with Gasteiger partial charge < -0.3 is 19.5 Å². The maximum absolute atomic E-state index is 5.92. The Hall–Kier alpha value is -3.19. The van der Waals surface area contributed by atoms with Crippen LogP contribution in [0.2, 0.25) is 0 Å². The number of hydrogen-bond acceptors (Lipinski definition) is 7. The van der Waals surface area contributed by atoms with Gasteiger partial charge in [-0.25, -0.2) is 9.97 Å². The van der Waals surface area contributed by atoms with Crippen LogP contribution >= 0.6 is 0 Å². The minimum Gasteiger partial charge on any atom is -0.493 e. The molecule has 2 aromatic heterocycles. The lowest BCUT2D eigenvalue weighted by atomic mass is 10.0. The minimum atomic E-state index is 0.00237. The molecule has 0 spiro atoms. The molecule has 1 N–H and O–H groups in total. The lowest BCUT2D eigenvalue weighted by molar-refractivity contribution is 0.109. The summed E-state index contributed by atoms with van der Waals surface area (Å²) in [6.07, 6.45) is 8.27. The number of methoxy groups -OCH3 is 2. The summed E-state index contributed by atoms with van der Waals surface area (Å²) in [4.78, 5) is 13.5. The van der Waals surface area contributed by atoms with Crippen molar-refractivity contribution in [2.45, 2.75) is 25.4 Å². The van der Waals surface area contributed by atoms with Crippen LogP contribution < -0.4 is 14.8 Å². The van der Waals surface area contributed by atoms with Crippen LogP contribution in [0.5, 0.6) is 11.5 Å². The van der Waals surface area contributed by atoms with Gasteiger partial charge in [0.2, 0.25) is 5.95 Å². The Bertz CT molecular complexity index is 975. The van der Waals surface area contributed by atoms with E-state index in [1.165, 1.54) is 0 Å². The van der Waals surface area contributed by atoms with E-state index in [0.29, 0.717) is 12.5 Å². The topological polar surface area (TPSA) is 78.4 Å². The lowest BCUT2D eigenvalue weighted by Crippen LogP contribution is -2.11. The van der Waals surface area contributed by atoms with Gasteiger partial charge in [-0.05, 0) is 54.7 Å². The number of anilines is 1. The van der Waals surface area contributed by atoms with Gasteiger partial charge in [-0.15, -0.1) is 0 Å². The summed E-state index contributed by atoms with van der Waals surface area (Å²) < 4.78 is 16.6. The zero-order valence-corrected chi connectivity index (χ0v) is 17.3. The lowest BCUT2D eigenvalue weighted by Gasteiger charge is -2.16. The Morgan fingerprint density at radius 2 is 1.93 bits per heavy atom. The highest BCUT2D eigenvalue weighted by atomic mass is 16.5. The predicted octanol–water partition coefficient (Wildman–Crippen LogP) is 4.06. The quantitative estimate of drug-likeness (QED) is 0.604. The van der Waals surface area contributed by atoms with Crippen LogP contribution in [-0.2, 0) is 11.2 Å². The van der Waals surface area contributed by atoms with Gasteiger partial charge in [0.25, 0.3) is 0 Å². The van der Waals surface area contributed by atoms with E-state index in [4.69, 9.17) is 19.2 Å². The first-order valence-electron chi connectivity index (χ1n) is 10.1. The number of aromatic nitrogens is 3. The largest absolute Gasteiger partial charge is 0.493 e. The molecule has 1 aliphatic rings.